The van der Waals surface area contributed by atoms with E-state index in [1.54, 1.807) is 0 Å². The van der Waals surface area contributed by atoms with Crippen LogP contribution in [-0.2, 0) is 11.3 Å². The maximum atomic E-state index is 12.0. The predicted octanol–water partition coefficient (Wildman–Crippen LogP) is -0.225. The molecule has 0 spiro atoms. The summed E-state index contributed by atoms with van der Waals surface area (Å²) in [5.41, 5.74) is 0. The third-order valence-electron chi connectivity index (χ3n) is 3.10. The highest BCUT2D eigenvalue weighted by Crippen LogP contribution is 2.16. The molecule has 18 heavy (non-hydrogen) atoms. The van der Waals surface area contributed by atoms with Crippen molar-refractivity contribution in [2.75, 3.05) is 20.1 Å². The van der Waals surface area contributed by atoms with Gasteiger partial charge in [0.2, 0.25) is 5.91 Å². The molecule has 1 aromatic rings. The molecule has 7 heteroatoms. The number of rotatable bonds is 3. The van der Waals surface area contributed by atoms with Crippen LogP contribution in [0.25, 0.3) is 0 Å². The maximum absolute atomic E-state index is 12.0. The van der Waals surface area contributed by atoms with E-state index < -0.39 is 6.10 Å². The average Bonchev–Trinajstić information content (AvgIpc) is 2.75. The summed E-state index contributed by atoms with van der Waals surface area (Å²) in [6.07, 6.45) is 0.101. The summed E-state index contributed by atoms with van der Waals surface area (Å²) in [6, 6.07) is 0. The van der Waals surface area contributed by atoms with Gasteiger partial charge >= 0.3 is 0 Å². The van der Waals surface area contributed by atoms with Crippen LogP contribution in [0.2, 0.25) is 0 Å². The number of piperidine rings is 1. The van der Waals surface area contributed by atoms with Crippen LogP contribution < -0.4 is 5.32 Å². The zero-order valence-corrected chi connectivity index (χ0v) is 11.4. The van der Waals surface area contributed by atoms with Crippen molar-refractivity contribution in [1.82, 2.24) is 20.4 Å². The van der Waals surface area contributed by atoms with Gasteiger partial charge in [-0.3, -0.25) is 4.79 Å². The molecule has 1 saturated heterocycles. The second-order valence-electron chi connectivity index (χ2n) is 4.66. The topological polar surface area (TPSA) is 78.4 Å². The van der Waals surface area contributed by atoms with E-state index in [0.717, 1.165) is 16.6 Å². The molecule has 1 aromatic heterocycles. The van der Waals surface area contributed by atoms with Crippen LogP contribution in [0.5, 0.6) is 0 Å². The van der Waals surface area contributed by atoms with E-state index in [1.807, 2.05) is 14.0 Å². The molecule has 6 nitrogen and oxygen atoms in total. The van der Waals surface area contributed by atoms with Crippen molar-refractivity contribution in [3.63, 3.8) is 0 Å². The number of aliphatic hydroxyl groups excluding tert-OH is 1. The highest BCUT2D eigenvalue weighted by molar-refractivity contribution is 7.11. The number of carbonyl (C=O) groups excluding carboxylic acids is 1. The lowest BCUT2D eigenvalue weighted by atomic mass is 9.94. The largest absolute Gasteiger partial charge is 0.392 e. The van der Waals surface area contributed by atoms with Crippen molar-refractivity contribution in [3.8, 4) is 0 Å². The summed E-state index contributed by atoms with van der Waals surface area (Å²) in [5.74, 6) is -0.459. The first kappa shape index (κ1) is 13.4. The number of nitrogens with one attached hydrogen (secondary N) is 1. The molecule has 0 unspecified atom stereocenters. The van der Waals surface area contributed by atoms with E-state index in [9.17, 15) is 9.90 Å². The molecule has 0 radical (unpaired) electrons. The molecule has 0 aliphatic carbocycles. The van der Waals surface area contributed by atoms with Crippen LogP contribution in [0.4, 0.5) is 0 Å². The summed E-state index contributed by atoms with van der Waals surface area (Å²) in [6.45, 7) is 3.70. The molecule has 1 amide bonds. The molecule has 2 heterocycles. The van der Waals surface area contributed by atoms with Gasteiger partial charge in [-0.2, -0.15) is 0 Å². The monoisotopic (exact) mass is 270 g/mol. The van der Waals surface area contributed by atoms with Gasteiger partial charge in [-0.15, -0.1) is 10.2 Å². The Morgan fingerprint density at radius 1 is 1.61 bits per heavy atom. The van der Waals surface area contributed by atoms with Crippen LogP contribution in [0.1, 0.15) is 16.4 Å². The Balaban J connectivity index is 1.87. The van der Waals surface area contributed by atoms with Crippen molar-refractivity contribution in [2.24, 2.45) is 5.92 Å². The zero-order chi connectivity index (χ0) is 13.1. The Hall–Kier alpha value is -1.05. The Morgan fingerprint density at radius 3 is 3.06 bits per heavy atom. The van der Waals surface area contributed by atoms with Gasteiger partial charge < -0.3 is 15.3 Å². The Morgan fingerprint density at radius 2 is 2.39 bits per heavy atom. The third-order valence-corrected chi connectivity index (χ3v) is 3.94. The van der Waals surface area contributed by atoms with Crippen LogP contribution >= 0.6 is 11.3 Å². The number of carbonyl (C=O) groups is 1. The Kier molecular flexibility index (Phi) is 4.26. The minimum atomic E-state index is -0.544. The van der Waals surface area contributed by atoms with Crippen molar-refractivity contribution in [1.29, 1.82) is 0 Å². The van der Waals surface area contributed by atoms with Crippen molar-refractivity contribution in [3.05, 3.63) is 10.0 Å². The molecule has 1 aliphatic heterocycles. The van der Waals surface area contributed by atoms with Crippen LogP contribution in [0, 0.1) is 12.8 Å². The van der Waals surface area contributed by atoms with Gasteiger partial charge in [0.05, 0.1) is 18.6 Å². The van der Waals surface area contributed by atoms with Gasteiger partial charge in [-0.05, 0) is 20.4 Å². The molecule has 1 aliphatic rings. The fourth-order valence-corrected chi connectivity index (χ4v) is 2.71. The molecule has 0 saturated carbocycles. The third kappa shape index (κ3) is 3.24. The highest BCUT2D eigenvalue weighted by atomic mass is 32.1. The first-order valence-corrected chi connectivity index (χ1v) is 6.81. The Bertz CT molecular complexity index is 423. The fraction of sp³-hybridized carbons (Fsp3) is 0.727. The lowest BCUT2D eigenvalue weighted by Gasteiger charge is -2.32. The average molecular weight is 270 g/mol. The van der Waals surface area contributed by atoms with E-state index in [4.69, 9.17) is 0 Å². The number of nitrogens with zero attached hydrogens (tertiary/aromatic N) is 3. The molecule has 100 valence electrons. The summed E-state index contributed by atoms with van der Waals surface area (Å²) in [5, 5.41) is 22.2. The quantitative estimate of drug-likeness (QED) is 0.793. The van der Waals surface area contributed by atoms with E-state index in [1.165, 1.54) is 11.3 Å². The molecule has 2 rings (SSSR count). The summed E-state index contributed by atoms with van der Waals surface area (Å²) in [7, 11) is 1.96. The van der Waals surface area contributed by atoms with E-state index in [2.05, 4.69) is 20.4 Å². The zero-order valence-electron chi connectivity index (χ0n) is 10.6. The van der Waals surface area contributed by atoms with E-state index in [-0.39, 0.29) is 11.8 Å². The van der Waals surface area contributed by atoms with Crippen molar-refractivity contribution < 1.29 is 9.90 Å². The highest BCUT2D eigenvalue weighted by Gasteiger charge is 2.31. The molecule has 2 atom stereocenters. The maximum Gasteiger partial charge on any atom is 0.227 e. The lowest BCUT2D eigenvalue weighted by Crippen LogP contribution is -2.48. The molecule has 0 bridgehead atoms. The smallest absolute Gasteiger partial charge is 0.227 e. The fourth-order valence-electron chi connectivity index (χ4n) is 2.06. The first-order valence-electron chi connectivity index (χ1n) is 5.99. The minimum Gasteiger partial charge on any atom is -0.392 e. The number of hydrogen-bond donors (Lipinski definition) is 2. The molecule has 1 fully saturated rings. The summed E-state index contributed by atoms with van der Waals surface area (Å²) >= 11 is 1.47. The SMILES string of the molecule is Cc1nnc(CNC(=O)[C@@H]2CN(C)CC[C@@H]2O)s1. The minimum absolute atomic E-state index is 0.109. The van der Waals surface area contributed by atoms with Crippen LogP contribution in [0.15, 0.2) is 0 Å². The van der Waals surface area contributed by atoms with Gasteiger partial charge in [-0.25, -0.2) is 0 Å². The molecular weight excluding hydrogens is 252 g/mol. The summed E-state index contributed by atoms with van der Waals surface area (Å²) < 4.78 is 0. The standard InChI is InChI=1S/C11H18N4O2S/c1-7-13-14-10(18-7)5-12-11(17)8-6-15(2)4-3-9(8)16/h8-9,16H,3-6H2,1-2H3,(H,12,17)/t8-,9+/m1/s1. The molecular formula is C11H18N4O2S. The van der Waals surface area contributed by atoms with E-state index in [0.29, 0.717) is 19.5 Å². The number of amides is 1. The van der Waals surface area contributed by atoms with Gasteiger partial charge in [-0.1, -0.05) is 11.3 Å². The summed E-state index contributed by atoms with van der Waals surface area (Å²) in [4.78, 5) is 14.1. The predicted molar refractivity (Wildman–Crippen MR) is 68.1 cm³/mol. The second-order valence-corrected chi connectivity index (χ2v) is 5.92. The number of aliphatic hydroxyl groups is 1. The lowest BCUT2D eigenvalue weighted by molar-refractivity contribution is -0.131. The van der Waals surface area contributed by atoms with Crippen LogP contribution in [0.3, 0.4) is 0 Å². The van der Waals surface area contributed by atoms with E-state index >= 15 is 0 Å². The van der Waals surface area contributed by atoms with Gasteiger partial charge in [0.1, 0.15) is 10.0 Å². The van der Waals surface area contributed by atoms with Gasteiger partial charge in [0.15, 0.2) is 0 Å². The Labute approximate surface area is 110 Å². The van der Waals surface area contributed by atoms with Crippen LogP contribution in [-0.4, -0.2) is 52.4 Å². The number of aromatic nitrogens is 2. The number of likely N-dealkylation sites (tertiary alicyclic amines) is 1. The number of hydrogen-bond acceptors (Lipinski definition) is 6. The molecule has 2 N–H and O–H groups in total. The normalized spacial score (nSPS) is 25.1. The molecule has 0 aromatic carbocycles. The van der Waals surface area contributed by atoms with Gasteiger partial charge in [0.25, 0.3) is 0 Å². The van der Waals surface area contributed by atoms with Crippen molar-refractivity contribution >= 4 is 17.2 Å². The second kappa shape index (κ2) is 5.73. The van der Waals surface area contributed by atoms with Gasteiger partial charge in [0, 0.05) is 13.1 Å². The van der Waals surface area contributed by atoms with Crippen molar-refractivity contribution in [2.45, 2.75) is 26.0 Å². The first-order chi connectivity index (χ1) is 8.56. The number of aryl methyl sites for hydroxylation is 1.